The predicted octanol–water partition coefficient (Wildman–Crippen LogP) is 1.99. The second-order valence-corrected chi connectivity index (χ2v) is 6.40. The van der Waals surface area contributed by atoms with Crippen LogP contribution in [0, 0.1) is 0 Å². The topological polar surface area (TPSA) is 110 Å². The van der Waals surface area contributed by atoms with Crippen LogP contribution in [0.1, 0.15) is 10.4 Å². The zero-order valence-corrected chi connectivity index (χ0v) is 15.7. The van der Waals surface area contributed by atoms with Gasteiger partial charge < -0.3 is 10.4 Å². The van der Waals surface area contributed by atoms with E-state index in [-0.39, 0.29) is 11.4 Å². The number of rotatable bonds is 6. The van der Waals surface area contributed by atoms with Gasteiger partial charge in [-0.05, 0) is 18.2 Å². The molecule has 12 heteroatoms. The highest BCUT2D eigenvalue weighted by Gasteiger charge is 2.30. The third-order valence-electron chi connectivity index (χ3n) is 3.91. The first-order valence-corrected chi connectivity index (χ1v) is 8.72. The Kier molecular flexibility index (Phi) is 6.43. The summed E-state index contributed by atoms with van der Waals surface area (Å²) in [6, 6.07) is 7.32. The van der Waals surface area contributed by atoms with E-state index >= 15 is 0 Å². The summed E-state index contributed by atoms with van der Waals surface area (Å²) in [5.74, 6) is -1.31. The van der Waals surface area contributed by atoms with Gasteiger partial charge in [0, 0.05) is 10.6 Å². The SMILES string of the molecule is O=C(NC(F)[C@H](O)C(F)F)c1cc(-c2ccc(Cl)cc2)nn(-c2cncnc2)c1=O. The molecule has 8 nitrogen and oxygen atoms in total. The van der Waals surface area contributed by atoms with E-state index in [4.69, 9.17) is 16.7 Å². The van der Waals surface area contributed by atoms with Crippen LogP contribution >= 0.6 is 11.6 Å². The largest absolute Gasteiger partial charge is 0.382 e. The Labute approximate surface area is 172 Å². The average molecular weight is 440 g/mol. The number of hydrogen-bond donors (Lipinski definition) is 2. The summed E-state index contributed by atoms with van der Waals surface area (Å²) in [7, 11) is 0. The summed E-state index contributed by atoms with van der Waals surface area (Å²) in [4.78, 5) is 32.7. The van der Waals surface area contributed by atoms with E-state index in [0.717, 1.165) is 10.7 Å². The Balaban J connectivity index is 2.09. The standard InChI is InChI=1S/C18H13ClF3N5O3/c19-10-3-1-9(2-4-10)13-5-12(17(29)25-16(22)14(28)15(20)21)18(30)27(26-13)11-6-23-8-24-7-11/h1-8,14-16,28H,(H,25,29)/t14-,16?/m1/s1. The molecule has 1 aromatic carbocycles. The summed E-state index contributed by atoms with van der Waals surface area (Å²) in [6.45, 7) is 0. The quantitative estimate of drug-likeness (QED) is 0.568. The molecule has 0 saturated carbocycles. The summed E-state index contributed by atoms with van der Waals surface area (Å²) in [6.07, 6.45) is -5.25. The molecule has 30 heavy (non-hydrogen) atoms. The van der Waals surface area contributed by atoms with Crippen LogP contribution in [0.3, 0.4) is 0 Å². The number of nitrogens with zero attached hydrogens (tertiary/aromatic N) is 4. The van der Waals surface area contributed by atoms with Crippen LogP contribution in [0.2, 0.25) is 5.02 Å². The van der Waals surface area contributed by atoms with Gasteiger partial charge in [-0.15, -0.1) is 0 Å². The van der Waals surface area contributed by atoms with Crippen molar-refractivity contribution in [1.82, 2.24) is 25.1 Å². The fourth-order valence-corrected chi connectivity index (χ4v) is 2.54. The molecule has 2 aromatic heterocycles. The molecule has 0 fully saturated rings. The maximum Gasteiger partial charge on any atom is 0.284 e. The summed E-state index contributed by atoms with van der Waals surface area (Å²) in [5.41, 5.74) is -0.869. The Morgan fingerprint density at radius 3 is 2.37 bits per heavy atom. The molecule has 2 atom stereocenters. The molecule has 1 unspecified atom stereocenters. The number of benzene rings is 1. The highest BCUT2D eigenvalue weighted by atomic mass is 35.5. The number of nitrogens with one attached hydrogen (secondary N) is 1. The van der Waals surface area contributed by atoms with Gasteiger partial charge in [0.05, 0.1) is 18.1 Å². The van der Waals surface area contributed by atoms with E-state index < -0.39 is 35.9 Å². The zero-order chi connectivity index (χ0) is 21.8. The van der Waals surface area contributed by atoms with Crippen molar-refractivity contribution in [2.45, 2.75) is 18.8 Å². The van der Waals surface area contributed by atoms with E-state index in [9.17, 15) is 22.8 Å². The first-order valence-electron chi connectivity index (χ1n) is 8.35. The van der Waals surface area contributed by atoms with Gasteiger partial charge in [-0.1, -0.05) is 23.7 Å². The summed E-state index contributed by atoms with van der Waals surface area (Å²) in [5, 5.41) is 15.2. The number of hydrogen-bond acceptors (Lipinski definition) is 6. The third kappa shape index (κ3) is 4.63. The molecule has 0 aliphatic heterocycles. The van der Waals surface area contributed by atoms with Crippen molar-refractivity contribution >= 4 is 17.5 Å². The predicted molar refractivity (Wildman–Crippen MR) is 100 cm³/mol. The number of aromatic nitrogens is 4. The van der Waals surface area contributed by atoms with Crippen molar-refractivity contribution in [3.05, 3.63) is 70.0 Å². The molecule has 156 valence electrons. The summed E-state index contributed by atoms with van der Waals surface area (Å²) < 4.78 is 39.5. The fraction of sp³-hybridized carbons (Fsp3) is 0.167. The van der Waals surface area contributed by atoms with Crippen LogP contribution in [0.5, 0.6) is 0 Å². The molecule has 0 saturated heterocycles. The van der Waals surface area contributed by atoms with Crippen molar-refractivity contribution in [1.29, 1.82) is 0 Å². The molecule has 3 rings (SSSR count). The number of alkyl halides is 3. The van der Waals surface area contributed by atoms with Gasteiger partial charge in [-0.3, -0.25) is 9.59 Å². The molecular formula is C18H13ClF3N5O3. The van der Waals surface area contributed by atoms with E-state index in [1.165, 1.54) is 18.7 Å². The molecule has 3 aromatic rings. The minimum atomic E-state index is -3.43. The average Bonchev–Trinajstić information content (AvgIpc) is 2.74. The molecule has 2 N–H and O–H groups in total. The third-order valence-corrected chi connectivity index (χ3v) is 4.17. The first-order chi connectivity index (χ1) is 14.3. The first kappa shape index (κ1) is 21.4. The van der Waals surface area contributed by atoms with Crippen LogP contribution < -0.4 is 10.9 Å². The maximum absolute atomic E-state index is 13.8. The second kappa shape index (κ2) is 9.01. The molecular weight excluding hydrogens is 427 g/mol. The maximum atomic E-state index is 13.8. The number of halogens is 4. The van der Waals surface area contributed by atoms with Gasteiger partial charge in [0.25, 0.3) is 17.9 Å². The van der Waals surface area contributed by atoms with Crippen molar-refractivity contribution in [3.63, 3.8) is 0 Å². The molecule has 0 aliphatic rings. The minimum Gasteiger partial charge on any atom is -0.382 e. The van der Waals surface area contributed by atoms with E-state index in [1.807, 2.05) is 0 Å². The lowest BCUT2D eigenvalue weighted by Gasteiger charge is -2.16. The van der Waals surface area contributed by atoms with Gasteiger partial charge >= 0.3 is 0 Å². The van der Waals surface area contributed by atoms with E-state index in [2.05, 4.69) is 15.1 Å². The number of aliphatic hydroxyl groups excluding tert-OH is 1. The van der Waals surface area contributed by atoms with Crippen LogP contribution in [-0.4, -0.2) is 49.6 Å². The molecule has 0 spiro atoms. The van der Waals surface area contributed by atoms with Crippen molar-refractivity contribution in [3.8, 4) is 16.9 Å². The lowest BCUT2D eigenvalue weighted by Crippen LogP contribution is -2.45. The fourth-order valence-electron chi connectivity index (χ4n) is 2.41. The van der Waals surface area contributed by atoms with Gasteiger partial charge in [0.2, 0.25) is 6.30 Å². The summed E-state index contributed by atoms with van der Waals surface area (Å²) >= 11 is 5.86. The van der Waals surface area contributed by atoms with Crippen molar-refractivity contribution in [2.75, 3.05) is 0 Å². The molecule has 2 heterocycles. The molecule has 1 amide bonds. The lowest BCUT2D eigenvalue weighted by atomic mass is 10.1. The molecule has 0 bridgehead atoms. The highest BCUT2D eigenvalue weighted by molar-refractivity contribution is 6.30. The lowest BCUT2D eigenvalue weighted by molar-refractivity contribution is -0.0551. The van der Waals surface area contributed by atoms with Crippen molar-refractivity contribution < 1.29 is 23.1 Å². The Hall–Kier alpha value is -3.31. The Bertz CT molecular complexity index is 1100. The number of aliphatic hydroxyl groups is 1. The van der Waals surface area contributed by atoms with Gasteiger partial charge in [0.15, 0.2) is 6.10 Å². The highest BCUT2D eigenvalue weighted by Crippen LogP contribution is 2.20. The van der Waals surface area contributed by atoms with Crippen molar-refractivity contribution in [2.24, 2.45) is 0 Å². The molecule has 0 radical (unpaired) electrons. The number of carbonyl (C=O) groups excluding carboxylic acids is 1. The monoisotopic (exact) mass is 439 g/mol. The molecule has 0 aliphatic carbocycles. The van der Waals surface area contributed by atoms with Gasteiger partial charge in [-0.2, -0.15) is 9.78 Å². The Morgan fingerprint density at radius 1 is 1.13 bits per heavy atom. The van der Waals surface area contributed by atoms with E-state index in [1.54, 1.807) is 29.6 Å². The van der Waals surface area contributed by atoms with Crippen LogP contribution in [0.15, 0.2) is 53.8 Å². The number of amides is 1. The normalized spacial score (nSPS) is 13.1. The van der Waals surface area contributed by atoms with Crippen LogP contribution in [0.25, 0.3) is 16.9 Å². The van der Waals surface area contributed by atoms with Crippen LogP contribution in [0.4, 0.5) is 13.2 Å². The van der Waals surface area contributed by atoms with Gasteiger partial charge in [0.1, 0.15) is 17.6 Å². The van der Waals surface area contributed by atoms with E-state index in [0.29, 0.717) is 10.6 Å². The van der Waals surface area contributed by atoms with Gasteiger partial charge in [-0.25, -0.2) is 23.1 Å². The minimum absolute atomic E-state index is 0.108. The van der Waals surface area contributed by atoms with Crippen LogP contribution in [-0.2, 0) is 0 Å². The number of carbonyl (C=O) groups is 1. The zero-order valence-electron chi connectivity index (χ0n) is 14.9. The smallest absolute Gasteiger partial charge is 0.284 e. The second-order valence-electron chi connectivity index (χ2n) is 5.96. The Morgan fingerprint density at radius 2 is 1.77 bits per heavy atom.